The lowest BCUT2D eigenvalue weighted by atomic mass is 9.87. The lowest BCUT2D eigenvalue weighted by molar-refractivity contribution is -0.137. The van der Waals surface area contributed by atoms with Gasteiger partial charge in [-0.05, 0) is 99.5 Å². The number of benzene rings is 3. The molecule has 0 bridgehead atoms. The molecule has 302 valence electrons. The fraction of sp³-hybridized carbons (Fsp3) is 0.415. The highest BCUT2D eigenvalue weighted by molar-refractivity contribution is 6.36. The van der Waals surface area contributed by atoms with Crippen molar-refractivity contribution in [3.8, 4) is 17.6 Å². The molecule has 3 amide bonds. The van der Waals surface area contributed by atoms with Gasteiger partial charge in [0.1, 0.15) is 29.2 Å². The summed E-state index contributed by atoms with van der Waals surface area (Å²) < 4.78 is 43.5. The summed E-state index contributed by atoms with van der Waals surface area (Å²) in [7, 11) is 0. The molecule has 58 heavy (non-hydrogen) atoms. The van der Waals surface area contributed by atoms with Gasteiger partial charge >= 0.3 is 0 Å². The molecule has 1 spiro atoms. The van der Waals surface area contributed by atoms with E-state index in [4.69, 9.17) is 26.8 Å². The lowest BCUT2D eigenvalue weighted by Crippen LogP contribution is -2.50. The SMILES string of the molecule is N#Cc1c(N)ccc(F)c1Oc1ccc2ncn(C3COC4(CCN(C(=O)CN5CCC(c6ccc(NC7CCC(=O)NC7=O)cc6F)CC5)CC4)C3)c(=O)c2c1Cl. The number of piperidine rings is 3. The zero-order valence-electron chi connectivity index (χ0n) is 31.4. The number of hydrogen-bond donors (Lipinski definition) is 3. The molecule has 17 heteroatoms. The Kier molecular flexibility index (Phi) is 10.8. The Labute approximate surface area is 336 Å². The highest BCUT2D eigenvalue weighted by Gasteiger charge is 2.44. The molecule has 1 aromatic heterocycles. The van der Waals surface area contributed by atoms with Crippen LogP contribution in [0, 0.1) is 23.0 Å². The highest BCUT2D eigenvalue weighted by atomic mass is 35.5. The summed E-state index contributed by atoms with van der Waals surface area (Å²) in [5, 5.41) is 14.8. The molecule has 0 radical (unpaired) electrons. The molecule has 4 saturated heterocycles. The number of nitrogens with two attached hydrogens (primary N) is 1. The average Bonchev–Trinajstić information content (AvgIpc) is 3.61. The second-order valence-corrected chi connectivity index (χ2v) is 15.8. The van der Waals surface area contributed by atoms with Crippen LogP contribution in [0.5, 0.6) is 11.5 Å². The van der Waals surface area contributed by atoms with Crippen molar-refractivity contribution < 1.29 is 32.6 Å². The average molecular weight is 815 g/mol. The van der Waals surface area contributed by atoms with Crippen LogP contribution in [-0.2, 0) is 19.1 Å². The van der Waals surface area contributed by atoms with E-state index in [9.17, 15) is 28.8 Å². The van der Waals surface area contributed by atoms with Gasteiger partial charge in [-0.2, -0.15) is 5.26 Å². The summed E-state index contributed by atoms with van der Waals surface area (Å²) in [6.45, 7) is 2.86. The van der Waals surface area contributed by atoms with Crippen molar-refractivity contribution >= 4 is 51.6 Å². The minimum atomic E-state index is -0.812. The van der Waals surface area contributed by atoms with Gasteiger partial charge < -0.3 is 25.4 Å². The van der Waals surface area contributed by atoms with Crippen molar-refractivity contribution in [1.29, 1.82) is 5.26 Å². The number of nitrogens with one attached hydrogen (secondary N) is 2. The van der Waals surface area contributed by atoms with E-state index in [2.05, 4.69) is 20.5 Å². The maximum absolute atomic E-state index is 15.2. The maximum Gasteiger partial charge on any atom is 0.263 e. The highest BCUT2D eigenvalue weighted by Crippen LogP contribution is 2.42. The molecular weight excluding hydrogens is 774 g/mol. The Bertz CT molecular complexity index is 2410. The summed E-state index contributed by atoms with van der Waals surface area (Å²) in [6.07, 6.45) is 5.20. The number of ether oxygens (including phenoxy) is 2. The summed E-state index contributed by atoms with van der Waals surface area (Å²) in [6, 6.07) is 11.1. The molecule has 0 saturated carbocycles. The number of carbonyl (C=O) groups is 3. The lowest BCUT2D eigenvalue weighted by Gasteiger charge is -2.40. The number of nitriles is 1. The van der Waals surface area contributed by atoms with E-state index in [0.29, 0.717) is 81.5 Å². The molecule has 4 N–H and O–H groups in total. The van der Waals surface area contributed by atoms with Crippen LogP contribution < -0.4 is 26.7 Å². The minimum Gasteiger partial charge on any atom is -0.451 e. The second kappa shape index (κ2) is 16.0. The van der Waals surface area contributed by atoms with Gasteiger partial charge in [-0.25, -0.2) is 13.8 Å². The number of nitrogen functional groups attached to an aromatic ring is 1. The van der Waals surface area contributed by atoms with Gasteiger partial charge in [0.15, 0.2) is 11.6 Å². The quantitative estimate of drug-likeness (QED) is 0.161. The van der Waals surface area contributed by atoms with Gasteiger partial charge in [-0.3, -0.25) is 34.0 Å². The van der Waals surface area contributed by atoms with E-state index >= 15 is 4.39 Å². The zero-order chi connectivity index (χ0) is 40.7. The van der Waals surface area contributed by atoms with Gasteiger partial charge in [-0.15, -0.1) is 0 Å². The molecule has 5 heterocycles. The summed E-state index contributed by atoms with van der Waals surface area (Å²) in [4.78, 5) is 59.3. The second-order valence-electron chi connectivity index (χ2n) is 15.5. The smallest absolute Gasteiger partial charge is 0.263 e. The van der Waals surface area contributed by atoms with Crippen LogP contribution in [0.3, 0.4) is 0 Å². The van der Waals surface area contributed by atoms with Crippen LogP contribution in [0.25, 0.3) is 10.9 Å². The van der Waals surface area contributed by atoms with Gasteiger partial charge in [-0.1, -0.05) is 17.7 Å². The normalized spacial score (nSPS) is 21.2. The molecule has 3 aromatic carbocycles. The van der Waals surface area contributed by atoms with Crippen molar-refractivity contribution in [2.24, 2.45) is 0 Å². The number of fused-ring (bicyclic) bond motifs is 1. The van der Waals surface area contributed by atoms with E-state index in [-0.39, 0.29) is 76.6 Å². The molecular formula is C41H41ClF2N8O6. The van der Waals surface area contributed by atoms with E-state index in [1.165, 1.54) is 35.2 Å². The predicted molar refractivity (Wildman–Crippen MR) is 209 cm³/mol. The molecule has 4 aliphatic heterocycles. The Hall–Kier alpha value is -5.63. The first kappa shape index (κ1) is 39.2. The molecule has 4 fully saturated rings. The number of hydrogen-bond acceptors (Lipinski definition) is 11. The molecule has 14 nitrogen and oxygen atoms in total. The fourth-order valence-electron chi connectivity index (χ4n) is 8.58. The van der Waals surface area contributed by atoms with E-state index < -0.39 is 34.7 Å². The standard InChI is InChI=1S/C41H41ClF2N8O6/c42-37-33(58-38-27(19-45)30(46)4-3-28(38)43)7-5-31-36(37)40(56)52(22-47-31)25-18-41(57-21-25)11-15-51(16-12-41)35(54)20-50-13-9-23(10-14-50)26-2-1-24(17-29(26)44)48-32-6-8-34(53)49-39(32)55/h1-5,7,17,22-23,25,32,48H,6,8-16,18,20-21,46H2,(H,49,53,55). The molecule has 4 aliphatic rings. The van der Waals surface area contributed by atoms with Gasteiger partial charge in [0, 0.05) is 25.2 Å². The first-order valence-electron chi connectivity index (χ1n) is 19.3. The monoisotopic (exact) mass is 814 g/mol. The third kappa shape index (κ3) is 7.69. The Morgan fingerprint density at radius 2 is 1.84 bits per heavy atom. The van der Waals surface area contributed by atoms with Crippen LogP contribution in [0.1, 0.15) is 68.0 Å². The largest absolute Gasteiger partial charge is 0.451 e. The van der Waals surface area contributed by atoms with E-state index in [1.807, 2.05) is 11.0 Å². The van der Waals surface area contributed by atoms with E-state index in [1.54, 1.807) is 12.1 Å². The number of rotatable bonds is 8. The molecule has 2 atom stereocenters. The topological polar surface area (TPSA) is 185 Å². The van der Waals surface area contributed by atoms with Gasteiger partial charge in [0.25, 0.3) is 5.56 Å². The molecule has 4 aromatic rings. The predicted octanol–water partition coefficient (Wildman–Crippen LogP) is 4.99. The van der Waals surface area contributed by atoms with Gasteiger partial charge in [0.2, 0.25) is 17.7 Å². The van der Waals surface area contributed by atoms with Crippen LogP contribution >= 0.6 is 11.6 Å². The molecule has 8 rings (SSSR count). The summed E-state index contributed by atoms with van der Waals surface area (Å²) >= 11 is 6.68. The Balaban J connectivity index is 0.844. The fourth-order valence-corrected chi connectivity index (χ4v) is 8.86. The molecule has 0 aliphatic carbocycles. The third-order valence-electron chi connectivity index (χ3n) is 11.9. The van der Waals surface area contributed by atoms with Crippen molar-refractivity contribution in [3.63, 3.8) is 0 Å². The van der Waals surface area contributed by atoms with Crippen LogP contribution in [-0.4, -0.2) is 88.0 Å². The number of nitrogens with zero attached hydrogens (tertiary/aromatic N) is 5. The molecule has 2 unspecified atom stereocenters. The number of carbonyl (C=O) groups excluding carboxylic acids is 3. The Morgan fingerprint density at radius 3 is 2.57 bits per heavy atom. The number of halogens is 3. The Morgan fingerprint density at radius 1 is 1.07 bits per heavy atom. The number of likely N-dealkylation sites (tertiary alicyclic amines) is 2. The summed E-state index contributed by atoms with van der Waals surface area (Å²) in [5.41, 5.74) is 6.16. The third-order valence-corrected chi connectivity index (χ3v) is 12.3. The van der Waals surface area contributed by atoms with Crippen LogP contribution in [0.2, 0.25) is 5.02 Å². The van der Waals surface area contributed by atoms with Crippen LogP contribution in [0.4, 0.5) is 20.2 Å². The number of anilines is 2. The minimum absolute atomic E-state index is 0.00591. The van der Waals surface area contributed by atoms with Gasteiger partial charge in [0.05, 0.1) is 52.7 Å². The van der Waals surface area contributed by atoms with E-state index in [0.717, 1.165) is 6.07 Å². The maximum atomic E-state index is 15.2. The zero-order valence-corrected chi connectivity index (χ0v) is 32.2. The summed E-state index contributed by atoms with van der Waals surface area (Å²) in [5.74, 6) is -2.28. The number of imide groups is 1. The van der Waals surface area contributed by atoms with Crippen molar-refractivity contribution in [2.75, 3.05) is 50.4 Å². The van der Waals surface area contributed by atoms with Crippen molar-refractivity contribution in [2.45, 2.75) is 68.5 Å². The number of aromatic nitrogens is 2. The van der Waals surface area contributed by atoms with Crippen molar-refractivity contribution in [1.82, 2.24) is 24.7 Å². The first-order chi connectivity index (χ1) is 27.9. The first-order valence-corrected chi connectivity index (χ1v) is 19.7. The van der Waals surface area contributed by atoms with Crippen molar-refractivity contribution in [3.05, 3.63) is 86.9 Å². The number of amides is 3. The van der Waals surface area contributed by atoms with Crippen LogP contribution in [0.15, 0.2) is 53.6 Å².